The molecule has 3 heterocycles. The molecular formula is C23H23N5O2. The Balaban J connectivity index is 1.72. The van der Waals surface area contributed by atoms with Crippen LogP contribution in [-0.2, 0) is 0 Å². The maximum Gasteiger partial charge on any atom is 0.170 e. The molecule has 1 aliphatic rings. The van der Waals surface area contributed by atoms with E-state index in [1.807, 2.05) is 16.7 Å². The highest BCUT2D eigenvalue weighted by atomic mass is 16.3. The van der Waals surface area contributed by atoms with Gasteiger partial charge >= 0.3 is 0 Å². The topological polar surface area (TPSA) is 87.3 Å². The molecule has 1 fully saturated rings. The molecule has 7 nitrogen and oxygen atoms in total. The third-order valence-corrected chi connectivity index (χ3v) is 5.58. The van der Waals surface area contributed by atoms with E-state index in [9.17, 15) is 10.2 Å². The van der Waals surface area contributed by atoms with Crippen LogP contribution in [0.3, 0.4) is 0 Å². The van der Waals surface area contributed by atoms with E-state index in [1.54, 1.807) is 12.4 Å². The van der Waals surface area contributed by atoms with Gasteiger partial charge in [0.15, 0.2) is 34.3 Å². The molecule has 1 aliphatic heterocycles. The smallest absolute Gasteiger partial charge is 0.170 e. The number of phenolic OH excluding ortho intramolecular Hbond substituents is 2. The quantitative estimate of drug-likeness (QED) is 0.501. The van der Waals surface area contributed by atoms with Gasteiger partial charge in [0.05, 0.1) is 0 Å². The highest BCUT2D eigenvalue weighted by molar-refractivity contribution is 5.87. The Morgan fingerprint density at radius 3 is 2.37 bits per heavy atom. The summed E-state index contributed by atoms with van der Waals surface area (Å²) in [4.78, 5) is 16.6. The maximum atomic E-state index is 9.98. The minimum atomic E-state index is -0.192. The predicted molar refractivity (Wildman–Crippen MR) is 116 cm³/mol. The van der Waals surface area contributed by atoms with Gasteiger partial charge in [0.25, 0.3) is 0 Å². The molecule has 2 aromatic heterocycles. The third-order valence-electron chi connectivity index (χ3n) is 5.58. The summed E-state index contributed by atoms with van der Waals surface area (Å²) in [7, 11) is 0. The second-order valence-corrected chi connectivity index (χ2v) is 7.74. The Kier molecular flexibility index (Phi) is 4.50. The normalized spacial score (nSPS) is 14.4. The number of rotatable bonds is 3. The average molecular weight is 401 g/mol. The fraction of sp³-hybridized carbons (Fsp3) is 0.261. The number of hydrogen-bond donors (Lipinski definition) is 2. The van der Waals surface area contributed by atoms with E-state index >= 15 is 0 Å². The number of nitrogens with zero attached hydrogens (tertiary/aromatic N) is 5. The number of aromatic nitrogens is 4. The zero-order chi connectivity index (χ0) is 20.7. The second-order valence-electron chi connectivity index (χ2n) is 7.74. The van der Waals surface area contributed by atoms with Gasteiger partial charge in [0, 0.05) is 24.3 Å². The van der Waals surface area contributed by atoms with Crippen molar-refractivity contribution in [1.82, 2.24) is 19.5 Å². The molecule has 0 amide bonds. The molecule has 152 valence electrons. The van der Waals surface area contributed by atoms with Crippen molar-refractivity contribution in [3.8, 4) is 28.6 Å². The van der Waals surface area contributed by atoms with Crippen LogP contribution in [-0.4, -0.2) is 42.8 Å². The predicted octanol–water partition coefficient (Wildman–Crippen LogP) is 4.19. The van der Waals surface area contributed by atoms with E-state index in [4.69, 9.17) is 9.97 Å². The molecule has 7 heteroatoms. The summed E-state index contributed by atoms with van der Waals surface area (Å²) in [5.41, 5.74) is 4.29. The summed E-state index contributed by atoms with van der Waals surface area (Å²) < 4.78 is 1.97. The zero-order valence-corrected chi connectivity index (χ0v) is 16.8. The van der Waals surface area contributed by atoms with Gasteiger partial charge in [-0.2, -0.15) is 0 Å². The van der Waals surface area contributed by atoms with Crippen molar-refractivity contribution >= 4 is 17.0 Å². The van der Waals surface area contributed by atoms with E-state index in [-0.39, 0.29) is 11.5 Å². The van der Waals surface area contributed by atoms with Crippen LogP contribution >= 0.6 is 0 Å². The fourth-order valence-electron chi connectivity index (χ4n) is 3.90. The number of hydrogen-bond acceptors (Lipinski definition) is 6. The highest BCUT2D eigenvalue weighted by Crippen LogP contribution is 2.33. The number of aryl methyl sites for hydroxylation is 1. The van der Waals surface area contributed by atoms with Crippen LogP contribution in [0.15, 0.2) is 48.8 Å². The molecule has 0 aliphatic carbocycles. The molecule has 4 aromatic rings. The van der Waals surface area contributed by atoms with E-state index in [1.165, 1.54) is 24.1 Å². The molecule has 30 heavy (non-hydrogen) atoms. The largest absolute Gasteiger partial charge is 0.504 e. The van der Waals surface area contributed by atoms with E-state index in [2.05, 4.69) is 28.9 Å². The van der Waals surface area contributed by atoms with Crippen molar-refractivity contribution in [2.24, 2.45) is 0 Å². The van der Waals surface area contributed by atoms with E-state index < -0.39 is 0 Å². The van der Waals surface area contributed by atoms with Crippen molar-refractivity contribution in [3.05, 3.63) is 54.4 Å². The van der Waals surface area contributed by atoms with Gasteiger partial charge in [-0.05, 0) is 56.5 Å². The van der Waals surface area contributed by atoms with Crippen molar-refractivity contribution in [1.29, 1.82) is 0 Å². The Morgan fingerprint density at radius 2 is 1.63 bits per heavy atom. The first-order valence-electron chi connectivity index (χ1n) is 10.2. The molecule has 0 spiro atoms. The summed E-state index contributed by atoms with van der Waals surface area (Å²) in [6, 6.07) is 12.9. The van der Waals surface area contributed by atoms with Crippen LogP contribution < -0.4 is 4.90 Å². The molecule has 2 aromatic carbocycles. The highest BCUT2D eigenvalue weighted by Gasteiger charge is 2.21. The van der Waals surface area contributed by atoms with E-state index in [0.29, 0.717) is 11.4 Å². The summed E-state index contributed by atoms with van der Waals surface area (Å²) in [6.45, 7) is 3.93. The third kappa shape index (κ3) is 3.22. The number of imidazole rings is 1. The minimum absolute atomic E-state index is 0.166. The number of benzene rings is 2. The number of anilines is 1. The van der Waals surface area contributed by atoms with Gasteiger partial charge in [-0.3, -0.25) is 4.57 Å². The summed E-state index contributed by atoms with van der Waals surface area (Å²) >= 11 is 0. The molecule has 0 saturated carbocycles. The van der Waals surface area contributed by atoms with Crippen molar-refractivity contribution < 1.29 is 10.2 Å². The lowest BCUT2D eigenvalue weighted by molar-refractivity contribution is 0.404. The Hall–Kier alpha value is -3.61. The first-order valence-corrected chi connectivity index (χ1v) is 10.2. The maximum absolute atomic E-state index is 9.98. The minimum Gasteiger partial charge on any atom is -0.504 e. The first-order chi connectivity index (χ1) is 14.6. The van der Waals surface area contributed by atoms with Crippen LogP contribution in [0.25, 0.3) is 28.2 Å². The monoisotopic (exact) mass is 401 g/mol. The molecule has 0 unspecified atom stereocenters. The molecule has 1 saturated heterocycles. The lowest BCUT2D eigenvalue weighted by Gasteiger charge is -2.28. The van der Waals surface area contributed by atoms with Gasteiger partial charge in [0.2, 0.25) is 0 Å². The molecule has 0 atom stereocenters. The van der Waals surface area contributed by atoms with Crippen molar-refractivity contribution in [3.63, 3.8) is 0 Å². The molecule has 2 N–H and O–H groups in total. The number of aromatic hydroxyl groups is 2. The Morgan fingerprint density at radius 1 is 0.867 bits per heavy atom. The van der Waals surface area contributed by atoms with Gasteiger partial charge in [-0.1, -0.05) is 17.7 Å². The summed E-state index contributed by atoms with van der Waals surface area (Å²) in [5, 5.41) is 19.7. The zero-order valence-electron chi connectivity index (χ0n) is 16.8. The molecule has 0 radical (unpaired) electrons. The number of piperidine rings is 1. The van der Waals surface area contributed by atoms with Crippen LogP contribution in [0.5, 0.6) is 11.5 Å². The van der Waals surface area contributed by atoms with Gasteiger partial charge in [-0.15, -0.1) is 0 Å². The standard InChI is InChI=1S/C23H23N5O2/c1-15-5-8-17(9-6-15)28-14-24-20-22(27-11-3-2-4-12-27)25-21(26-23(20)28)16-7-10-18(29)19(30)13-16/h5-10,13-14,29-30H,2-4,11-12H2,1H3. The number of fused-ring (bicyclic) bond motifs is 1. The lowest BCUT2D eigenvalue weighted by Crippen LogP contribution is -2.30. The van der Waals surface area contributed by atoms with Crippen LogP contribution in [0.1, 0.15) is 24.8 Å². The average Bonchev–Trinajstić information content (AvgIpc) is 3.20. The van der Waals surface area contributed by atoms with Gasteiger partial charge in [-0.25, -0.2) is 15.0 Å². The summed E-state index contributed by atoms with van der Waals surface area (Å²) in [5.74, 6) is 0.948. The van der Waals surface area contributed by atoms with Crippen LogP contribution in [0, 0.1) is 6.92 Å². The van der Waals surface area contributed by atoms with Crippen molar-refractivity contribution in [2.75, 3.05) is 18.0 Å². The molecule has 0 bridgehead atoms. The fourth-order valence-corrected chi connectivity index (χ4v) is 3.90. The lowest BCUT2D eigenvalue weighted by atomic mass is 10.1. The Labute approximate surface area is 174 Å². The van der Waals surface area contributed by atoms with E-state index in [0.717, 1.165) is 48.6 Å². The Bertz CT molecular complexity index is 1210. The summed E-state index contributed by atoms with van der Waals surface area (Å²) in [6.07, 6.45) is 5.26. The second kappa shape index (κ2) is 7.33. The SMILES string of the molecule is Cc1ccc(-n2cnc3c(N4CCCCC4)nc(-c4ccc(O)c(O)c4)nc32)cc1. The number of phenols is 2. The van der Waals surface area contributed by atoms with Crippen molar-refractivity contribution in [2.45, 2.75) is 26.2 Å². The van der Waals surface area contributed by atoms with Crippen LogP contribution in [0.4, 0.5) is 5.82 Å². The van der Waals surface area contributed by atoms with Gasteiger partial charge < -0.3 is 15.1 Å². The molecular weight excluding hydrogens is 378 g/mol. The van der Waals surface area contributed by atoms with Gasteiger partial charge in [0.1, 0.15) is 6.33 Å². The first kappa shape index (κ1) is 18.4. The molecule has 5 rings (SSSR count). The van der Waals surface area contributed by atoms with Crippen LogP contribution in [0.2, 0.25) is 0 Å².